The van der Waals surface area contributed by atoms with Crippen LogP contribution in [0.4, 0.5) is 4.39 Å². The minimum atomic E-state index is -0.206. The van der Waals surface area contributed by atoms with Gasteiger partial charge in [-0.2, -0.15) is 5.48 Å². The van der Waals surface area contributed by atoms with Gasteiger partial charge in [0.2, 0.25) is 0 Å². The van der Waals surface area contributed by atoms with Gasteiger partial charge in [-0.3, -0.25) is 0 Å². The third-order valence-corrected chi connectivity index (χ3v) is 2.59. The molecule has 1 N–H and O–H groups in total. The highest BCUT2D eigenvalue weighted by molar-refractivity contribution is 9.10. The lowest BCUT2D eigenvalue weighted by Gasteiger charge is -2.05. The Morgan fingerprint density at radius 3 is 2.77 bits per heavy atom. The predicted octanol–water partition coefficient (Wildman–Crippen LogP) is 2.55. The molecular formula is C9H11BrFNO. The summed E-state index contributed by atoms with van der Waals surface area (Å²) in [4.78, 5) is 4.67. The second kappa shape index (κ2) is 4.69. The lowest BCUT2D eigenvalue weighted by molar-refractivity contribution is 0.0866. The molecule has 0 saturated carbocycles. The fourth-order valence-corrected chi connectivity index (χ4v) is 1.44. The van der Waals surface area contributed by atoms with Gasteiger partial charge in [-0.1, -0.05) is 15.9 Å². The summed E-state index contributed by atoms with van der Waals surface area (Å²) in [6, 6.07) is 3.36. The van der Waals surface area contributed by atoms with Crippen LogP contribution < -0.4 is 5.48 Å². The highest BCUT2D eigenvalue weighted by atomic mass is 79.9. The summed E-state index contributed by atoms with van der Waals surface area (Å²) in [5, 5.41) is 0. The molecule has 1 rings (SSSR count). The van der Waals surface area contributed by atoms with Crippen LogP contribution >= 0.6 is 15.9 Å². The van der Waals surface area contributed by atoms with E-state index in [1.165, 1.54) is 13.2 Å². The smallest absolute Gasteiger partial charge is 0.127 e. The van der Waals surface area contributed by atoms with E-state index in [9.17, 15) is 4.39 Å². The van der Waals surface area contributed by atoms with Crippen molar-refractivity contribution in [2.75, 3.05) is 7.11 Å². The average Bonchev–Trinajstić information content (AvgIpc) is 2.10. The number of nitrogens with one attached hydrogen (secondary N) is 1. The Bertz CT molecular complexity index is 281. The van der Waals surface area contributed by atoms with Crippen LogP contribution in [0.25, 0.3) is 0 Å². The maximum Gasteiger partial charge on any atom is 0.127 e. The van der Waals surface area contributed by atoms with Crippen LogP contribution in [0.5, 0.6) is 0 Å². The van der Waals surface area contributed by atoms with E-state index in [0.717, 1.165) is 10.0 Å². The van der Waals surface area contributed by atoms with Gasteiger partial charge in [-0.15, -0.1) is 0 Å². The van der Waals surface area contributed by atoms with E-state index in [4.69, 9.17) is 0 Å². The minimum Gasteiger partial charge on any atom is -0.305 e. The minimum absolute atomic E-state index is 0.206. The Hall–Kier alpha value is -0.450. The molecule has 0 spiro atoms. The van der Waals surface area contributed by atoms with Gasteiger partial charge in [0, 0.05) is 11.0 Å². The van der Waals surface area contributed by atoms with E-state index in [2.05, 4.69) is 26.2 Å². The van der Waals surface area contributed by atoms with E-state index < -0.39 is 0 Å². The van der Waals surface area contributed by atoms with Crippen LogP contribution in [0.2, 0.25) is 0 Å². The normalized spacial score (nSPS) is 10.5. The molecule has 0 aliphatic carbocycles. The monoisotopic (exact) mass is 247 g/mol. The first-order chi connectivity index (χ1) is 6.15. The molecule has 1 aromatic carbocycles. The molecule has 4 heteroatoms. The molecule has 0 aromatic heterocycles. The van der Waals surface area contributed by atoms with Gasteiger partial charge >= 0.3 is 0 Å². The van der Waals surface area contributed by atoms with Crippen molar-refractivity contribution in [1.29, 1.82) is 0 Å². The highest BCUT2D eigenvalue weighted by Gasteiger charge is 2.04. The number of hydroxylamine groups is 1. The highest BCUT2D eigenvalue weighted by Crippen LogP contribution is 2.20. The van der Waals surface area contributed by atoms with E-state index in [0.29, 0.717) is 12.1 Å². The molecule has 0 aliphatic rings. The zero-order valence-electron chi connectivity index (χ0n) is 7.53. The van der Waals surface area contributed by atoms with E-state index in [1.807, 2.05) is 6.07 Å². The molecule has 2 nitrogen and oxygen atoms in total. The number of halogens is 2. The SMILES string of the molecule is CONCc1cc(F)c(C)c(Br)c1. The molecule has 0 heterocycles. The number of rotatable bonds is 3. The molecule has 0 atom stereocenters. The third kappa shape index (κ3) is 2.76. The first-order valence-corrected chi connectivity index (χ1v) is 4.65. The van der Waals surface area contributed by atoms with Crippen LogP contribution in [0.1, 0.15) is 11.1 Å². The first kappa shape index (κ1) is 10.6. The van der Waals surface area contributed by atoms with Crippen LogP contribution in [0.15, 0.2) is 16.6 Å². The summed E-state index contributed by atoms with van der Waals surface area (Å²) in [6.07, 6.45) is 0. The van der Waals surface area contributed by atoms with Crippen molar-refractivity contribution in [2.45, 2.75) is 13.5 Å². The largest absolute Gasteiger partial charge is 0.305 e. The number of hydrogen-bond acceptors (Lipinski definition) is 2. The second-order valence-corrected chi connectivity index (χ2v) is 3.56. The quantitative estimate of drug-likeness (QED) is 0.830. The van der Waals surface area contributed by atoms with Crippen molar-refractivity contribution in [3.05, 3.63) is 33.5 Å². The third-order valence-electron chi connectivity index (χ3n) is 1.76. The molecule has 0 aliphatic heterocycles. The van der Waals surface area contributed by atoms with Gasteiger partial charge in [0.25, 0.3) is 0 Å². The summed E-state index contributed by atoms with van der Waals surface area (Å²) in [5.41, 5.74) is 4.12. The van der Waals surface area contributed by atoms with Crippen molar-refractivity contribution >= 4 is 15.9 Å². The molecule has 0 amide bonds. The van der Waals surface area contributed by atoms with Crippen molar-refractivity contribution in [3.63, 3.8) is 0 Å². The molecule has 72 valence electrons. The Kier molecular flexibility index (Phi) is 3.84. The summed E-state index contributed by atoms with van der Waals surface area (Å²) in [5.74, 6) is -0.206. The summed E-state index contributed by atoms with van der Waals surface area (Å²) in [6.45, 7) is 2.22. The summed E-state index contributed by atoms with van der Waals surface area (Å²) >= 11 is 3.28. The Morgan fingerprint density at radius 1 is 1.54 bits per heavy atom. The van der Waals surface area contributed by atoms with Crippen molar-refractivity contribution in [2.24, 2.45) is 0 Å². The van der Waals surface area contributed by atoms with E-state index >= 15 is 0 Å². The van der Waals surface area contributed by atoms with Gasteiger partial charge < -0.3 is 4.84 Å². The fourth-order valence-electron chi connectivity index (χ4n) is 0.955. The van der Waals surface area contributed by atoms with Crippen LogP contribution in [-0.4, -0.2) is 7.11 Å². The van der Waals surface area contributed by atoms with Crippen molar-refractivity contribution < 1.29 is 9.23 Å². The molecular weight excluding hydrogens is 237 g/mol. The summed E-state index contributed by atoms with van der Waals surface area (Å²) < 4.78 is 13.9. The van der Waals surface area contributed by atoms with E-state index in [1.54, 1.807) is 6.92 Å². The zero-order chi connectivity index (χ0) is 9.84. The lowest BCUT2D eigenvalue weighted by Crippen LogP contribution is -2.11. The molecule has 0 fully saturated rings. The molecule has 13 heavy (non-hydrogen) atoms. The zero-order valence-corrected chi connectivity index (χ0v) is 9.11. The average molecular weight is 248 g/mol. The van der Waals surface area contributed by atoms with Gasteiger partial charge in [0.1, 0.15) is 5.82 Å². The maximum atomic E-state index is 13.2. The van der Waals surface area contributed by atoms with Crippen molar-refractivity contribution in [3.8, 4) is 0 Å². The topological polar surface area (TPSA) is 21.3 Å². The molecule has 0 unspecified atom stereocenters. The molecule has 0 radical (unpaired) electrons. The predicted molar refractivity (Wildman–Crippen MR) is 52.7 cm³/mol. The summed E-state index contributed by atoms with van der Waals surface area (Å²) in [7, 11) is 1.53. The van der Waals surface area contributed by atoms with Crippen molar-refractivity contribution in [1.82, 2.24) is 5.48 Å². The Balaban J connectivity index is 2.86. The Labute approximate surface area is 85.2 Å². The first-order valence-electron chi connectivity index (χ1n) is 3.85. The Morgan fingerprint density at radius 2 is 2.23 bits per heavy atom. The van der Waals surface area contributed by atoms with Gasteiger partial charge in [-0.05, 0) is 30.2 Å². The van der Waals surface area contributed by atoms with E-state index in [-0.39, 0.29) is 5.82 Å². The van der Waals surface area contributed by atoms with Crippen LogP contribution in [-0.2, 0) is 11.4 Å². The second-order valence-electron chi connectivity index (χ2n) is 2.71. The maximum absolute atomic E-state index is 13.2. The van der Waals surface area contributed by atoms with Gasteiger partial charge in [0.05, 0.1) is 7.11 Å². The fraction of sp³-hybridized carbons (Fsp3) is 0.333. The van der Waals surface area contributed by atoms with Crippen LogP contribution in [0, 0.1) is 12.7 Å². The molecule has 0 bridgehead atoms. The standard InChI is InChI=1S/C9H11BrFNO/c1-6-8(10)3-7(4-9(6)11)5-12-13-2/h3-4,12H,5H2,1-2H3. The lowest BCUT2D eigenvalue weighted by atomic mass is 10.1. The van der Waals surface area contributed by atoms with Gasteiger partial charge in [-0.25, -0.2) is 4.39 Å². The van der Waals surface area contributed by atoms with Crippen LogP contribution in [0.3, 0.4) is 0 Å². The van der Waals surface area contributed by atoms with Gasteiger partial charge in [0.15, 0.2) is 0 Å². The molecule has 0 saturated heterocycles. The number of benzene rings is 1. The number of hydrogen-bond donors (Lipinski definition) is 1. The molecule has 1 aromatic rings.